The molecule has 1 aromatic carbocycles. The molecule has 0 bridgehead atoms. The summed E-state index contributed by atoms with van der Waals surface area (Å²) >= 11 is 0. The standard InChI is InChI=1S/C17H23NO7S/c1-2-3-7-18(12-6-8-26(23,24)11-12)16(21)10-25-17(22)14-5-4-13(19)9-15(14)20/h4-5,9,12,19-20H,2-3,6-8,10-11H2,1H3/t12-/m1/s1. The van der Waals surface area contributed by atoms with Crippen molar-refractivity contribution in [2.75, 3.05) is 24.7 Å². The van der Waals surface area contributed by atoms with Crippen LogP contribution >= 0.6 is 0 Å². The number of amides is 1. The van der Waals surface area contributed by atoms with Gasteiger partial charge in [-0.15, -0.1) is 0 Å². The van der Waals surface area contributed by atoms with Crippen molar-refractivity contribution in [3.05, 3.63) is 23.8 Å². The molecule has 1 saturated heterocycles. The summed E-state index contributed by atoms with van der Waals surface area (Å²) < 4.78 is 28.3. The van der Waals surface area contributed by atoms with Gasteiger partial charge in [-0.1, -0.05) is 13.3 Å². The number of nitrogens with zero attached hydrogens (tertiary/aromatic N) is 1. The summed E-state index contributed by atoms with van der Waals surface area (Å²) in [5.41, 5.74) is -0.167. The number of aromatic hydroxyl groups is 2. The lowest BCUT2D eigenvalue weighted by atomic mass is 10.2. The molecule has 2 N–H and O–H groups in total. The summed E-state index contributed by atoms with van der Waals surface area (Å²) in [6.07, 6.45) is 1.93. The molecule has 0 saturated carbocycles. The molecule has 1 aliphatic rings. The minimum absolute atomic E-state index is 0.0503. The maximum atomic E-state index is 12.5. The maximum Gasteiger partial charge on any atom is 0.342 e. The predicted octanol–water partition coefficient (Wildman–Crippen LogP) is 1.07. The van der Waals surface area contributed by atoms with Crippen LogP contribution in [0.3, 0.4) is 0 Å². The number of carbonyl (C=O) groups excluding carboxylic acids is 2. The van der Waals surface area contributed by atoms with Crippen LogP contribution in [0.5, 0.6) is 11.5 Å². The molecule has 9 heteroatoms. The topological polar surface area (TPSA) is 121 Å². The Bertz CT molecular complexity index is 775. The zero-order chi connectivity index (χ0) is 19.3. The fourth-order valence-corrected chi connectivity index (χ4v) is 4.57. The van der Waals surface area contributed by atoms with Crippen LogP contribution in [0.15, 0.2) is 18.2 Å². The van der Waals surface area contributed by atoms with E-state index >= 15 is 0 Å². The molecule has 1 atom stereocenters. The summed E-state index contributed by atoms with van der Waals surface area (Å²) in [4.78, 5) is 26.0. The van der Waals surface area contributed by atoms with Crippen molar-refractivity contribution >= 4 is 21.7 Å². The number of sulfone groups is 1. The number of phenolic OH excluding ortho intramolecular Hbond substituents is 2. The molecular weight excluding hydrogens is 362 g/mol. The lowest BCUT2D eigenvalue weighted by molar-refractivity contribution is -0.136. The van der Waals surface area contributed by atoms with Gasteiger partial charge in [0.1, 0.15) is 17.1 Å². The Morgan fingerprint density at radius 3 is 2.62 bits per heavy atom. The maximum absolute atomic E-state index is 12.5. The Kier molecular flexibility index (Phi) is 6.47. The average Bonchev–Trinajstić information content (AvgIpc) is 2.92. The van der Waals surface area contributed by atoms with E-state index in [2.05, 4.69) is 0 Å². The minimum atomic E-state index is -3.14. The molecule has 1 aromatic rings. The number of ether oxygens (including phenoxy) is 1. The van der Waals surface area contributed by atoms with Crippen molar-refractivity contribution in [2.24, 2.45) is 0 Å². The lowest BCUT2D eigenvalue weighted by Gasteiger charge is -2.28. The van der Waals surface area contributed by atoms with Crippen molar-refractivity contribution in [3.8, 4) is 11.5 Å². The molecule has 1 aliphatic heterocycles. The molecule has 0 aromatic heterocycles. The SMILES string of the molecule is CCCCN(C(=O)COC(=O)c1ccc(O)cc1O)[C@@H]1CCS(=O)(=O)C1. The smallest absolute Gasteiger partial charge is 0.342 e. The van der Waals surface area contributed by atoms with E-state index in [0.29, 0.717) is 13.0 Å². The van der Waals surface area contributed by atoms with Crippen LogP contribution in [0.1, 0.15) is 36.5 Å². The third-order valence-corrected chi connectivity index (χ3v) is 6.00. The minimum Gasteiger partial charge on any atom is -0.508 e. The molecule has 1 heterocycles. The van der Waals surface area contributed by atoms with Crippen LogP contribution in [0, 0.1) is 0 Å². The zero-order valence-corrected chi connectivity index (χ0v) is 15.4. The van der Waals surface area contributed by atoms with E-state index in [-0.39, 0.29) is 22.8 Å². The molecule has 0 unspecified atom stereocenters. The fraction of sp³-hybridized carbons (Fsp3) is 0.529. The van der Waals surface area contributed by atoms with Crippen LogP contribution < -0.4 is 0 Å². The van der Waals surface area contributed by atoms with E-state index in [1.807, 2.05) is 6.92 Å². The number of carbonyl (C=O) groups is 2. The quantitative estimate of drug-likeness (QED) is 0.673. The van der Waals surface area contributed by atoms with Gasteiger partial charge >= 0.3 is 5.97 Å². The second kappa shape index (κ2) is 8.39. The first-order chi connectivity index (χ1) is 12.2. The van der Waals surface area contributed by atoms with Gasteiger partial charge in [0, 0.05) is 18.7 Å². The molecular formula is C17H23NO7S. The first kappa shape index (κ1) is 20.0. The van der Waals surface area contributed by atoms with Crippen molar-refractivity contribution < 1.29 is 33.0 Å². The molecule has 0 aliphatic carbocycles. The summed E-state index contributed by atoms with van der Waals surface area (Å²) in [5, 5.41) is 18.9. The first-order valence-electron chi connectivity index (χ1n) is 8.42. The van der Waals surface area contributed by atoms with Crippen LogP contribution in [-0.4, -0.2) is 66.1 Å². The van der Waals surface area contributed by atoms with Crippen molar-refractivity contribution in [1.82, 2.24) is 4.90 Å². The van der Waals surface area contributed by atoms with E-state index in [9.17, 15) is 28.2 Å². The van der Waals surface area contributed by atoms with Crippen LogP contribution in [0.4, 0.5) is 0 Å². The van der Waals surface area contributed by atoms with Gasteiger partial charge in [-0.25, -0.2) is 13.2 Å². The second-order valence-corrected chi connectivity index (χ2v) is 8.50. The predicted molar refractivity (Wildman–Crippen MR) is 93.7 cm³/mol. The van der Waals surface area contributed by atoms with Gasteiger partial charge in [-0.05, 0) is 25.0 Å². The molecule has 0 spiro atoms. The average molecular weight is 385 g/mol. The number of phenols is 2. The molecule has 26 heavy (non-hydrogen) atoms. The molecule has 2 rings (SSSR count). The van der Waals surface area contributed by atoms with E-state index in [4.69, 9.17) is 4.74 Å². The first-order valence-corrected chi connectivity index (χ1v) is 10.2. The summed E-state index contributed by atoms with van der Waals surface area (Å²) in [5.74, 6) is -2.04. The van der Waals surface area contributed by atoms with E-state index in [1.165, 1.54) is 17.0 Å². The van der Waals surface area contributed by atoms with Gasteiger partial charge in [0.25, 0.3) is 5.91 Å². The Balaban J connectivity index is 2.01. The number of rotatable bonds is 7. The van der Waals surface area contributed by atoms with Gasteiger partial charge in [0.2, 0.25) is 0 Å². The second-order valence-electron chi connectivity index (χ2n) is 6.28. The Labute approximate surface area is 152 Å². The number of esters is 1. The highest BCUT2D eigenvalue weighted by Gasteiger charge is 2.34. The Morgan fingerprint density at radius 1 is 1.31 bits per heavy atom. The normalized spacial score (nSPS) is 18.4. The third-order valence-electron chi connectivity index (χ3n) is 4.25. The lowest BCUT2D eigenvalue weighted by Crippen LogP contribution is -2.43. The number of hydrogen-bond acceptors (Lipinski definition) is 7. The van der Waals surface area contributed by atoms with Gasteiger partial charge in [0.05, 0.1) is 11.5 Å². The van der Waals surface area contributed by atoms with Crippen molar-refractivity contribution in [2.45, 2.75) is 32.2 Å². The zero-order valence-electron chi connectivity index (χ0n) is 14.6. The van der Waals surface area contributed by atoms with E-state index < -0.39 is 40.1 Å². The molecule has 144 valence electrons. The van der Waals surface area contributed by atoms with Gasteiger partial charge in [-0.2, -0.15) is 0 Å². The van der Waals surface area contributed by atoms with E-state index in [1.54, 1.807) is 0 Å². The largest absolute Gasteiger partial charge is 0.508 e. The highest BCUT2D eigenvalue weighted by molar-refractivity contribution is 7.91. The molecule has 1 fully saturated rings. The Morgan fingerprint density at radius 2 is 2.04 bits per heavy atom. The van der Waals surface area contributed by atoms with Crippen LogP contribution in [-0.2, 0) is 19.4 Å². The highest BCUT2D eigenvalue weighted by atomic mass is 32.2. The Hall–Kier alpha value is -2.29. The molecule has 0 radical (unpaired) electrons. The fourth-order valence-electron chi connectivity index (χ4n) is 2.84. The molecule has 8 nitrogen and oxygen atoms in total. The monoisotopic (exact) mass is 385 g/mol. The van der Waals surface area contributed by atoms with Gasteiger partial charge < -0.3 is 19.8 Å². The number of hydrogen-bond donors (Lipinski definition) is 2. The summed E-state index contributed by atoms with van der Waals surface area (Å²) in [6.45, 7) is 1.82. The summed E-state index contributed by atoms with van der Waals surface area (Å²) in [7, 11) is -3.14. The molecule has 1 amide bonds. The van der Waals surface area contributed by atoms with Gasteiger partial charge in [-0.3, -0.25) is 4.79 Å². The van der Waals surface area contributed by atoms with Crippen LogP contribution in [0.2, 0.25) is 0 Å². The van der Waals surface area contributed by atoms with Crippen LogP contribution in [0.25, 0.3) is 0 Å². The van der Waals surface area contributed by atoms with Crippen molar-refractivity contribution in [1.29, 1.82) is 0 Å². The van der Waals surface area contributed by atoms with E-state index in [0.717, 1.165) is 18.9 Å². The van der Waals surface area contributed by atoms with Crippen molar-refractivity contribution in [3.63, 3.8) is 0 Å². The third kappa shape index (κ3) is 5.10. The van der Waals surface area contributed by atoms with Gasteiger partial charge in [0.15, 0.2) is 16.4 Å². The number of benzene rings is 1. The number of unbranched alkanes of at least 4 members (excludes halogenated alkanes) is 1. The highest BCUT2D eigenvalue weighted by Crippen LogP contribution is 2.23. The summed E-state index contributed by atoms with van der Waals surface area (Å²) in [6, 6.07) is 3.00.